The van der Waals surface area contributed by atoms with Gasteiger partial charge >= 0.3 is 0 Å². The summed E-state index contributed by atoms with van der Waals surface area (Å²) in [7, 11) is 0. The third-order valence-corrected chi connectivity index (χ3v) is 1.95. The first kappa shape index (κ1) is 8.52. The molecule has 2 rings (SSSR count). The summed E-state index contributed by atoms with van der Waals surface area (Å²) in [6.07, 6.45) is 3.32. The zero-order chi connectivity index (χ0) is 9.80. The summed E-state index contributed by atoms with van der Waals surface area (Å²) in [5, 5.41) is 12.7. The molecule has 1 aromatic carbocycles. The molecule has 0 aliphatic carbocycles. The predicted molar refractivity (Wildman–Crippen MR) is 52.5 cm³/mol. The Morgan fingerprint density at radius 2 is 2.07 bits per heavy atom. The van der Waals surface area contributed by atoms with Crippen molar-refractivity contribution >= 4 is 0 Å². The van der Waals surface area contributed by atoms with E-state index in [0.29, 0.717) is 12.1 Å². The fourth-order valence-electron chi connectivity index (χ4n) is 1.28. The van der Waals surface area contributed by atoms with Gasteiger partial charge in [-0.3, -0.25) is 4.68 Å². The average Bonchev–Trinajstić information content (AvgIpc) is 2.67. The number of hydrogen-bond donors (Lipinski definition) is 0. The van der Waals surface area contributed by atoms with Gasteiger partial charge in [0.1, 0.15) is 6.07 Å². The van der Waals surface area contributed by atoms with Crippen LogP contribution in [-0.4, -0.2) is 9.78 Å². The Labute approximate surface area is 82.2 Å². The molecule has 3 heteroatoms. The van der Waals surface area contributed by atoms with E-state index in [0.717, 1.165) is 0 Å². The summed E-state index contributed by atoms with van der Waals surface area (Å²) in [5.41, 5.74) is 1.78. The van der Waals surface area contributed by atoms with Crippen LogP contribution in [0.25, 0.3) is 0 Å². The van der Waals surface area contributed by atoms with Gasteiger partial charge in [-0.1, -0.05) is 30.3 Å². The van der Waals surface area contributed by atoms with Crippen molar-refractivity contribution in [3.63, 3.8) is 0 Å². The van der Waals surface area contributed by atoms with Gasteiger partial charge in [0.05, 0.1) is 18.3 Å². The van der Waals surface area contributed by atoms with Crippen LogP contribution in [0.15, 0.2) is 42.7 Å². The molecule has 0 amide bonds. The minimum atomic E-state index is 0.598. The first-order valence-electron chi connectivity index (χ1n) is 4.35. The number of nitrogens with zero attached hydrogens (tertiary/aromatic N) is 3. The molecule has 14 heavy (non-hydrogen) atoms. The third-order valence-electron chi connectivity index (χ3n) is 1.95. The Morgan fingerprint density at radius 3 is 2.71 bits per heavy atom. The van der Waals surface area contributed by atoms with Gasteiger partial charge in [0.25, 0.3) is 0 Å². The van der Waals surface area contributed by atoms with Crippen LogP contribution in [0.3, 0.4) is 0 Å². The monoisotopic (exact) mass is 183 g/mol. The van der Waals surface area contributed by atoms with Gasteiger partial charge in [0.15, 0.2) is 0 Å². The van der Waals surface area contributed by atoms with Crippen LogP contribution >= 0.6 is 0 Å². The van der Waals surface area contributed by atoms with Crippen molar-refractivity contribution < 1.29 is 0 Å². The molecular weight excluding hydrogens is 174 g/mol. The quantitative estimate of drug-likeness (QED) is 0.712. The summed E-state index contributed by atoms with van der Waals surface area (Å²) in [6.45, 7) is 0.711. The van der Waals surface area contributed by atoms with Crippen LogP contribution in [0.5, 0.6) is 0 Å². The molecule has 68 valence electrons. The number of benzene rings is 1. The topological polar surface area (TPSA) is 41.6 Å². The second-order valence-corrected chi connectivity index (χ2v) is 3.02. The lowest BCUT2D eigenvalue weighted by atomic mass is 10.2. The molecule has 2 aromatic rings. The normalized spacial score (nSPS) is 9.64. The molecule has 0 unspecified atom stereocenters. The van der Waals surface area contributed by atoms with Gasteiger partial charge in [-0.05, 0) is 5.56 Å². The summed E-state index contributed by atoms with van der Waals surface area (Å²) < 4.78 is 1.76. The van der Waals surface area contributed by atoms with Crippen molar-refractivity contribution in [2.45, 2.75) is 6.54 Å². The molecule has 0 radical (unpaired) electrons. The Kier molecular flexibility index (Phi) is 2.28. The standard InChI is InChI=1S/C11H9N3/c12-6-11-7-13-14(9-11)8-10-4-2-1-3-5-10/h1-5,7,9H,8H2. The SMILES string of the molecule is N#Cc1cnn(Cc2ccccc2)c1. The van der Waals surface area contributed by atoms with Crippen LogP contribution < -0.4 is 0 Å². The molecule has 0 spiro atoms. The summed E-state index contributed by atoms with van der Waals surface area (Å²) in [4.78, 5) is 0. The Bertz CT molecular complexity index is 451. The molecule has 0 bridgehead atoms. The largest absolute Gasteiger partial charge is 0.267 e. The third kappa shape index (κ3) is 1.80. The second kappa shape index (κ2) is 3.75. The van der Waals surface area contributed by atoms with E-state index in [9.17, 15) is 0 Å². The van der Waals surface area contributed by atoms with Crippen LogP contribution in [0.4, 0.5) is 0 Å². The molecular formula is C11H9N3. The van der Waals surface area contributed by atoms with E-state index >= 15 is 0 Å². The van der Waals surface area contributed by atoms with Gasteiger partial charge < -0.3 is 0 Å². The molecule has 0 saturated heterocycles. The van der Waals surface area contributed by atoms with E-state index in [1.54, 1.807) is 17.1 Å². The lowest BCUT2D eigenvalue weighted by Gasteiger charge is -1.99. The van der Waals surface area contributed by atoms with E-state index in [4.69, 9.17) is 5.26 Å². The molecule has 3 nitrogen and oxygen atoms in total. The first-order valence-corrected chi connectivity index (χ1v) is 4.35. The van der Waals surface area contributed by atoms with E-state index in [2.05, 4.69) is 5.10 Å². The molecule has 1 heterocycles. The van der Waals surface area contributed by atoms with E-state index in [1.807, 2.05) is 36.4 Å². The number of nitriles is 1. The molecule has 0 N–H and O–H groups in total. The fraction of sp³-hybridized carbons (Fsp3) is 0.0909. The van der Waals surface area contributed by atoms with Crippen LogP contribution in [0.1, 0.15) is 11.1 Å². The van der Waals surface area contributed by atoms with Crippen molar-refractivity contribution in [3.8, 4) is 6.07 Å². The van der Waals surface area contributed by atoms with Gasteiger partial charge in [-0.15, -0.1) is 0 Å². The minimum absolute atomic E-state index is 0.598. The number of aromatic nitrogens is 2. The zero-order valence-corrected chi connectivity index (χ0v) is 7.59. The molecule has 1 aromatic heterocycles. The van der Waals surface area contributed by atoms with Crippen LogP contribution in [0, 0.1) is 11.3 Å². The Balaban J connectivity index is 2.16. The van der Waals surface area contributed by atoms with E-state index in [-0.39, 0.29) is 0 Å². The highest BCUT2D eigenvalue weighted by Gasteiger charge is 1.97. The van der Waals surface area contributed by atoms with Gasteiger partial charge in [-0.25, -0.2) is 0 Å². The molecule has 0 aliphatic rings. The van der Waals surface area contributed by atoms with Crippen molar-refractivity contribution in [1.82, 2.24) is 9.78 Å². The smallest absolute Gasteiger partial charge is 0.102 e. The summed E-state index contributed by atoms with van der Waals surface area (Å²) in [6, 6.07) is 12.1. The molecule has 0 aliphatic heterocycles. The minimum Gasteiger partial charge on any atom is -0.267 e. The van der Waals surface area contributed by atoms with Gasteiger partial charge in [0, 0.05) is 6.20 Å². The van der Waals surface area contributed by atoms with Crippen molar-refractivity contribution in [1.29, 1.82) is 5.26 Å². The maximum atomic E-state index is 8.61. The first-order chi connectivity index (χ1) is 6.88. The number of rotatable bonds is 2. The Morgan fingerprint density at radius 1 is 1.29 bits per heavy atom. The maximum Gasteiger partial charge on any atom is 0.102 e. The van der Waals surface area contributed by atoms with Gasteiger partial charge in [0.2, 0.25) is 0 Å². The van der Waals surface area contributed by atoms with Crippen LogP contribution in [-0.2, 0) is 6.54 Å². The van der Waals surface area contributed by atoms with Crippen molar-refractivity contribution in [2.75, 3.05) is 0 Å². The molecule has 0 saturated carbocycles. The lowest BCUT2D eigenvalue weighted by molar-refractivity contribution is 0.687. The average molecular weight is 183 g/mol. The second-order valence-electron chi connectivity index (χ2n) is 3.02. The fourth-order valence-corrected chi connectivity index (χ4v) is 1.28. The lowest BCUT2D eigenvalue weighted by Crippen LogP contribution is -1.99. The highest BCUT2D eigenvalue weighted by molar-refractivity contribution is 5.22. The zero-order valence-electron chi connectivity index (χ0n) is 7.59. The van der Waals surface area contributed by atoms with Crippen molar-refractivity contribution in [3.05, 3.63) is 53.9 Å². The molecule has 0 fully saturated rings. The highest BCUT2D eigenvalue weighted by atomic mass is 15.3. The Hall–Kier alpha value is -2.08. The van der Waals surface area contributed by atoms with E-state index in [1.165, 1.54) is 5.56 Å². The predicted octanol–water partition coefficient (Wildman–Crippen LogP) is 1.80. The van der Waals surface area contributed by atoms with Crippen molar-refractivity contribution in [2.24, 2.45) is 0 Å². The van der Waals surface area contributed by atoms with Crippen LogP contribution in [0.2, 0.25) is 0 Å². The maximum absolute atomic E-state index is 8.61. The number of hydrogen-bond acceptors (Lipinski definition) is 2. The van der Waals surface area contributed by atoms with E-state index < -0.39 is 0 Å². The highest BCUT2D eigenvalue weighted by Crippen LogP contribution is 2.02. The van der Waals surface area contributed by atoms with Gasteiger partial charge in [-0.2, -0.15) is 10.4 Å². The molecule has 0 atom stereocenters. The summed E-state index contributed by atoms with van der Waals surface area (Å²) in [5.74, 6) is 0. The summed E-state index contributed by atoms with van der Waals surface area (Å²) >= 11 is 0.